The minimum Gasteiger partial charge on any atom is -0.354 e. The third-order valence-electron chi connectivity index (χ3n) is 3.90. The summed E-state index contributed by atoms with van der Waals surface area (Å²) in [5.74, 6) is 0.870. The van der Waals surface area contributed by atoms with Gasteiger partial charge in [0.15, 0.2) is 20.9 Å². The smallest absolute Gasteiger partial charge is 0.194 e. The molecule has 24 heavy (non-hydrogen) atoms. The predicted octanol–water partition coefficient (Wildman–Crippen LogP) is 1.41. The van der Waals surface area contributed by atoms with Crippen molar-refractivity contribution in [3.8, 4) is 0 Å². The number of hydrogen-bond acceptors (Lipinski definition) is 6. The van der Waals surface area contributed by atoms with Crippen molar-refractivity contribution in [2.45, 2.75) is 25.1 Å². The van der Waals surface area contributed by atoms with Gasteiger partial charge in [-0.3, -0.25) is 4.99 Å². The molecule has 0 spiro atoms. The first-order valence-corrected chi connectivity index (χ1v) is 9.99. The van der Waals surface area contributed by atoms with Gasteiger partial charge in [0, 0.05) is 39.6 Å². The Morgan fingerprint density at radius 2 is 2.17 bits per heavy atom. The standard InChI is InChI=1S/C14H25N5O2S2.HI/c1-14(2)10-19(6-7-23(14,20)21)12(15-3)16-8-11-9-22-13(17-11)18(4)5;/h9H,6-8,10H2,1-5H3,(H,15,16);1H. The Morgan fingerprint density at radius 3 is 2.67 bits per heavy atom. The van der Waals surface area contributed by atoms with Crippen molar-refractivity contribution in [3.05, 3.63) is 11.1 Å². The zero-order chi connectivity index (χ0) is 17.3. The van der Waals surface area contributed by atoms with Crippen LogP contribution in [0.3, 0.4) is 0 Å². The average molecular weight is 487 g/mol. The maximum atomic E-state index is 12.1. The first-order valence-electron chi connectivity index (χ1n) is 7.46. The van der Waals surface area contributed by atoms with Crippen molar-refractivity contribution in [1.82, 2.24) is 15.2 Å². The van der Waals surface area contributed by atoms with Gasteiger partial charge in [0.05, 0.1) is 22.7 Å². The van der Waals surface area contributed by atoms with E-state index in [1.807, 2.05) is 29.3 Å². The number of aliphatic imine (C=N–C) groups is 1. The molecular weight excluding hydrogens is 461 g/mol. The molecule has 1 N–H and O–H groups in total. The van der Waals surface area contributed by atoms with Gasteiger partial charge in [-0.05, 0) is 13.8 Å². The Bertz CT molecular complexity index is 685. The normalized spacial score (nSPS) is 19.5. The van der Waals surface area contributed by atoms with E-state index in [0.717, 1.165) is 10.8 Å². The predicted molar refractivity (Wildman–Crippen MR) is 111 cm³/mol. The molecule has 2 rings (SSSR count). The zero-order valence-electron chi connectivity index (χ0n) is 14.7. The fourth-order valence-electron chi connectivity index (χ4n) is 2.41. The summed E-state index contributed by atoms with van der Waals surface area (Å²) in [5.41, 5.74) is 0.948. The summed E-state index contributed by atoms with van der Waals surface area (Å²) in [6.07, 6.45) is 0. The average Bonchev–Trinajstić information content (AvgIpc) is 2.92. The van der Waals surface area contributed by atoms with Crippen LogP contribution in [0.25, 0.3) is 0 Å². The quantitative estimate of drug-likeness (QED) is 0.395. The highest BCUT2D eigenvalue weighted by molar-refractivity contribution is 14.0. The fourth-order valence-corrected chi connectivity index (χ4v) is 4.53. The monoisotopic (exact) mass is 487 g/mol. The number of thiazole rings is 1. The van der Waals surface area contributed by atoms with Crippen LogP contribution in [-0.4, -0.2) is 69.0 Å². The molecule has 10 heteroatoms. The summed E-state index contributed by atoms with van der Waals surface area (Å²) in [7, 11) is 2.59. The van der Waals surface area contributed by atoms with Crippen molar-refractivity contribution in [2.75, 3.05) is 44.9 Å². The molecule has 0 aromatic carbocycles. The molecule has 0 unspecified atom stereocenters. The van der Waals surface area contributed by atoms with Gasteiger partial charge >= 0.3 is 0 Å². The van der Waals surface area contributed by atoms with E-state index in [-0.39, 0.29) is 29.7 Å². The second-order valence-corrected chi connectivity index (χ2v) is 10.00. The summed E-state index contributed by atoms with van der Waals surface area (Å²) in [5, 5.41) is 6.25. The minimum atomic E-state index is -3.05. The molecule has 1 saturated heterocycles. The van der Waals surface area contributed by atoms with Gasteiger partial charge in [-0.2, -0.15) is 0 Å². The second-order valence-electron chi connectivity index (χ2n) is 6.42. The molecule has 0 bridgehead atoms. The number of rotatable bonds is 3. The number of nitrogens with one attached hydrogen (secondary N) is 1. The lowest BCUT2D eigenvalue weighted by molar-refractivity contribution is 0.353. The Kier molecular flexibility index (Phi) is 7.29. The van der Waals surface area contributed by atoms with Crippen LogP contribution in [0.15, 0.2) is 10.4 Å². The molecule has 1 aliphatic rings. The highest BCUT2D eigenvalue weighted by Crippen LogP contribution is 2.24. The molecule has 2 heterocycles. The van der Waals surface area contributed by atoms with Gasteiger partial charge in [-0.1, -0.05) is 0 Å². The molecule has 7 nitrogen and oxygen atoms in total. The highest BCUT2D eigenvalue weighted by atomic mass is 127. The van der Waals surface area contributed by atoms with Crippen LogP contribution in [-0.2, 0) is 16.4 Å². The Hall–Kier alpha value is -0.620. The molecule has 1 aromatic rings. The van der Waals surface area contributed by atoms with Crippen LogP contribution in [0.1, 0.15) is 19.5 Å². The van der Waals surface area contributed by atoms with Gasteiger partial charge in [0.1, 0.15) is 0 Å². The van der Waals surface area contributed by atoms with Crippen molar-refractivity contribution in [1.29, 1.82) is 0 Å². The Balaban J connectivity index is 0.00000288. The molecule has 1 aliphatic heterocycles. The third kappa shape index (κ3) is 4.72. The van der Waals surface area contributed by atoms with Crippen LogP contribution in [0.2, 0.25) is 0 Å². The summed E-state index contributed by atoms with van der Waals surface area (Å²) >= 11 is 1.59. The van der Waals surface area contributed by atoms with Gasteiger partial charge < -0.3 is 15.1 Å². The summed E-state index contributed by atoms with van der Waals surface area (Å²) in [6, 6.07) is 0. The molecule has 1 aromatic heterocycles. The molecule has 1 fully saturated rings. The molecule has 0 saturated carbocycles. The summed E-state index contributed by atoms with van der Waals surface area (Å²) in [6.45, 7) is 5.01. The van der Waals surface area contributed by atoms with Crippen LogP contribution >= 0.6 is 35.3 Å². The SMILES string of the molecule is CN=C(NCc1csc(N(C)C)n1)N1CCS(=O)(=O)C(C)(C)C1.I. The molecule has 138 valence electrons. The number of aromatic nitrogens is 1. The summed E-state index contributed by atoms with van der Waals surface area (Å²) in [4.78, 5) is 12.8. The molecule has 0 aliphatic carbocycles. The largest absolute Gasteiger partial charge is 0.354 e. The Morgan fingerprint density at radius 1 is 1.50 bits per heavy atom. The molecule has 0 amide bonds. The number of nitrogens with zero attached hydrogens (tertiary/aromatic N) is 4. The van der Waals surface area contributed by atoms with Crippen molar-refractivity contribution in [3.63, 3.8) is 0 Å². The molecule has 0 atom stereocenters. The lowest BCUT2D eigenvalue weighted by atomic mass is 10.2. The third-order valence-corrected chi connectivity index (χ3v) is 7.49. The van der Waals surface area contributed by atoms with Crippen LogP contribution in [0.4, 0.5) is 5.13 Å². The van der Waals surface area contributed by atoms with Crippen LogP contribution < -0.4 is 10.2 Å². The van der Waals surface area contributed by atoms with E-state index < -0.39 is 14.6 Å². The van der Waals surface area contributed by atoms with Gasteiger partial charge in [-0.25, -0.2) is 13.4 Å². The number of halogens is 1. The number of sulfone groups is 1. The first kappa shape index (κ1) is 21.4. The van der Waals surface area contributed by atoms with Gasteiger partial charge in [0.25, 0.3) is 0 Å². The zero-order valence-corrected chi connectivity index (χ0v) is 18.7. The molecule has 0 radical (unpaired) electrons. The van der Waals surface area contributed by atoms with E-state index in [9.17, 15) is 8.42 Å². The van der Waals surface area contributed by atoms with Gasteiger partial charge in [0.2, 0.25) is 0 Å². The van der Waals surface area contributed by atoms with Crippen LogP contribution in [0, 0.1) is 0 Å². The summed E-state index contributed by atoms with van der Waals surface area (Å²) < 4.78 is 23.4. The lowest BCUT2D eigenvalue weighted by Crippen LogP contribution is -2.57. The second kappa shape index (κ2) is 8.17. The minimum absolute atomic E-state index is 0. The van der Waals surface area contributed by atoms with E-state index in [2.05, 4.69) is 15.3 Å². The molecular formula is C14H26IN5O2S2. The number of guanidine groups is 1. The van der Waals surface area contributed by atoms with Gasteiger partial charge in [-0.15, -0.1) is 35.3 Å². The van der Waals surface area contributed by atoms with E-state index in [0.29, 0.717) is 25.6 Å². The number of hydrogen-bond donors (Lipinski definition) is 1. The maximum absolute atomic E-state index is 12.1. The van der Waals surface area contributed by atoms with E-state index in [4.69, 9.17) is 0 Å². The topological polar surface area (TPSA) is 77.9 Å². The highest BCUT2D eigenvalue weighted by Gasteiger charge is 2.40. The Labute approximate surface area is 165 Å². The van der Waals surface area contributed by atoms with E-state index >= 15 is 0 Å². The van der Waals surface area contributed by atoms with Crippen LogP contribution in [0.5, 0.6) is 0 Å². The number of anilines is 1. The lowest BCUT2D eigenvalue weighted by Gasteiger charge is -2.39. The van der Waals surface area contributed by atoms with E-state index in [1.165, 1.54) is 0 Å². The van der Waals surface area contributed by atoms with Crippen molar-refractivity contribution >= 4 is 56.2 Å². The first-order chi connectivity index (χ1) is 10.7. The van der Waals surface area contributed by atoms with Crippen molar-refractivity contribution in [2.24, 2.45) is 4.99 Å². The van der Waals surface area contributed by atoms with Crippen molar-refractivity contribution < 1.29 is 8.42 Å². The fraction of sp³-hybridized carbons (Fsp3) is 0.714. The van der Waals surface area contributed by atoms with E-state index in [1.54, 1.807) is 32.2 Å². The maximum Gasteiger partial charge on any atom is 0.194 e.